The minimum absolute atomic E-state index is 0.268. The fraction of sp³-hybridized carbons (Fsp3) is 0.619. The highest BCUT2D eigenvalue weighted by Crippen LogP contribution is 2.25. The van der Waals surface area contributed by atoms with Gasteiger partial charge in [0.1, 0.15) is 5.82 Å². The normalized spacial score (nSPS) is 17.4. The summed E-state index contributed by atoms with van der Waals surface area (Å²) < 4.78 is 2.84. The van der Waals surface area contributed by atoms with Crippen LogP contribution < -0.4 is 10.6 Å². The Balaban J connectivity index is 1.26. The molecule has 2 fully saturated rings. The molecule has 0 aliphatic carbocycles. The molecule has 2 aliphatic heterocycles. The quantitative estimate of drug-likeness (QED) is 0.494. The van der Waals surface area contributed by atoms with Gasteiger partial charge in [-0.2, -0.15) is 10.1 Å². The first-order chi connectivity index (χ1) is 15.0. The molecule has 0 spiro atoms. The predicted molar refractivity (Wildman–Crippen MR) is 124 cm³/mol. The second-order valence-electron chi connectivity index (χ2n) is 8.76. The standard InChI is InChI=1S/C21H31BrN8O/c1-15(2)11-28-13-17(14-28)30-12-16(9-25-30)26-21-24-10-18(22)20(27-21)23-6-4-8-29-7-3-5-19(29)31/h9-10,12,15,17H,3-8,11,13-14H2,1-2H3,(H2,23,24,26,27). The van der Waals surface area contributed by atoms with Crippen molar-refractivity contribution in [2.45, 2.75) is 39.2 Å². The Hall–Kier alpha value is -2.20. The molecule has 9 nitrogen and oxygen atoms in total. The number of aromatic nitrogens is 4. The Kier molecular flexibility index (Phi) is 7.06. The van der Waals surface area contributed by atoms with Crippen molar-refractivity contribution in [2.24, 2.45) is 5.92 Å². The van der Waals surface area contributed by atoms with Gasteiger partial charge in [0, 0.05) is 58.1 Å². The van der Waals surface area contributed by atoms with Crippen molar-refractivity contribution in [3.8, 4) is 0 Å². The number of anilines is 3. The lowest BCUT2D eigenvalue weighted by Crippen LogP contribution is -2.49. The highest BCUT2D eigenvalue weighted by atomic mass is 79.9. The SMILES string of the molecule is CC(C)CN1CC(n2cc(Nc3ncc(Br)c(NCCCN4CCCC4=O)n3)cn2)C1. The topological polar surface area (TPSA) is 91.2 Å². The van der Waals surface area contributed by atoms with Crippen LogP contribution in [0, 0.1) is 5.92 Å². The van der Waals surface area contributed by atoms with E-state index in [0.717, 1.165) is 68.1 Å². The number of hydrogen-bond acceptors (Lipinski definition) is 7. The van der Waals surface area contributed by atoms with Crippen LogP contribution in [0.5, 0.6) is 0 Å². The first kappa shape index (κ1) is 22.0. The van der Waals surface area contributed by atoms with Crippen molar-refractivity contribution < 1.29 is 4.79 Å². The van der Waals surface area contributed by atoms with Gasteiger partial charge in [0.15, 0.2) is 0 Å². The second kappa shape index (κ2) is 9.95. The van der Waals surface area contributed by atoms with E-state index in [1.54, 1.807) is 6.20 Å². The van der Waals surface area contributed by atoms with E-state index >= 15 is 0 Å². The van der Waals surface area contributed by atoms with Crippen LogP contribution in [0.3, 0.4) is 0 Å². The van der Waals surface area contributed by atoms with E-state index in [2.05, 4.69) is 60.4 Å². The summed E-state index contributed by atoms with van der Waals surface area (Å²) in [7, 11) is 0. The van der Waals surface area contributed by atoms with Gasteiger partial charge in [-0.1, -0.05) is 13.8 Å². The number of carbonyl (C=O) groups excluding carboxylic acids is 1. The number of nitrogens with zero attached hydrogens (tertiary/aromatic N) is 6. The van der Waals surface area contributed by atoms with Crippen molar-refractivity contribution in [1.82, 2.24) is 29.5 Å². The third kappa shape index (κ3) is 5.74. The van der Waals surface area contributed by atoms with E-state index in [1.807, 2.05) is 22.0 Å². The largest absolute Gasteiger partial charge is 0.369 e. The molecular weight excluding hydrogens is 460 g/mol. The lowest BCUT2D eigenvalue weighted by atomic mass is 10.1. The summed E-state index contributed by atoms with van der Waals surface area (Å²) in [6.07, 6.45) is 8.12. The summed E-state index contributed by atoms with van der Waals surface area (Å²) in [4.78, 5) is 25.0. The minimum Gasteiger partial charge on any atom is -0.369 e. The average Bonchev–Trinajstić information content (AvgIpc) is 3.32. The average molecular weight is 491 g/mol. The Morgan fingerprint density at radius 1 is 1.29 bits per heavy atom. The fourth-order valence-corrected chi connectivity index (χ4v) is 4.41. The number of nitrogens with one attached hydrogen (secondary N) is 2. The van der Waals surface area contributed by atoms with E-state index in [9.17, 15) is 4.79 Å². The predicted octanol–water partition coefficient (Wildman–Crippen LogP) is 3.12. The van der Waals surface area contributed by atoms with Gasteiger partial charge in [-0.3, -0.25) is 14.4 Å². The molecule has 10 heteroatoms. The summed E-state index contributed by atoms with van der Waals surface area (Å²) in [6.45, 7) is 10.1. The molecule has 0 radical (unpaired) electrons. The van der Waals surface area contributed by atoms with Crippen LogP contribution in [0.25, 0.3) is 0 Å². The van der Waals surface area contributed by atoms with Crippen LogP contribution in [-0.2, 0) is 4.79 Å². The van der Waals surface area contributed by atoms with Gasteiger partial charge < -0.3 is 15.5 Å². The van der Waals surface area contributed by atoms with E-state index in [0.29, 0.717) is 24.3 Å². The van der Waals surface area contributed by atoms with Gasteiger partial charge >= 0.3 is 0 Å². The fourth-order valence-electron chi connectivity index (χ4n) is 4.08. The van der Waals surface area contributed by atoms with Crippen molar-refractivity contribution in [2.75, 3.05) is 49.9 Å². The van der Waals surface area contributed by atoms with Crippen LogP contribution in [0.2, 0.25) is 0 Å². The van der Waals surface area contributed by atoms with E-state index < -0.39 is 0 Å². The molecule has 31 heavy (non-hydrogen) atoms. The van der Waals surface area contributed by atoms with Crippen molar-refractivity contribution >= 4 is 39.3 Å². The zero-order valence-electron chi connectivity index (χ0n) is 18.2. The first-order valence-corrected chi connectivity index (χ1v) is 11.8. The van der Waals surface area contributed by atoms with Gasteiger partial charge in [-0.15, -0.1) is 0 Å². The number of amides is 1. The zero-order valence-corrected chi connectivity index (χ0v) is 19.8. The van der Waals surface area contributed by atoms with Gasteiger partial charge in [0.2, 0.25) is 11.9 Å². The molecule has 2 aliphatic rings. The molecule has 0 bridgehead atoms. The molecule has 4 rings (SSSR count). The molecule has 2 N–H and O–H groups in total. The number of halogens is 1. The van der Waals surface area contributed by atoms with Crippen LogP contribution in [0.15, 0.2) is 23.1 Å². The van der Waals surface area contributed by atoms with E-state index in [4.69, 9.17) is 0 Å². The molecule has 2 saturated heterocycles. The van der Waals surface area contributed by atoms with Gasteiger partial charge in [-0.25, -0.2) is 4.98 Å². The van der Waals surface area contributed by atoms with Crippen LogP contribution in [0.4, 0.5) is 17.5 Å². The highest BCUT2D eigenvalue weighted by molar-refractivity contribution is 9.10. The number of rotatable bonds is 10. The lowest BCUT2D eigenvalue weighted by molar-refractivity contribution is -0.127. The van der Waals surface area contributed by atoms with Gasteiger partial charge in [-0.05, 0) is 34.7 Å². The van der Waals surface area contributed by atoms with Crippen LogP contribution in [-0.4, -0.2) is 74.7 Å². The lowest BCUT2D eigenvalue weighted by Gasteiger charge is -2.40. The molecule has 2 aromatic heterocycles. The maximum Gasteiger partial charge on any atom is 0.229 e. The number of carbonyl (C=O) groups is 1. The maximum atomic E-state index is 11.7. The molecule has 0 unspecified atom stereocenters. The third-order valence-electron chi connectivity index (χ3n) is 5.61. The molecular formula is C21H31BrN8O. The number of likely N-dealkylation sites (tertiary alicyclic amines) is 2. The summed E-state index contributed by atoms with van der Waals surface area (Å²) in [5.74, 6) is 2.22. The molecule has 0 atom stereocenters. The highest BCUT2D eigenvalue weighted by Gasteiger charge is 2.29. The maximum absolute atomic E-state index is 11.7. The molecule has 2 aromatic rings. The number of hydrogen-bond donors (Lipinski definition) is 2. The molecule has 4 heterocycles. The third-order valence-corrected chi connectivity index (χ3v) is 6.19. The summed E-state index contributed by atoms with van der Waals surface area (Å²) in [5.41, 5.74) is 0.878. The minimum atomic E-state index is 0.268. The summed E-state index contributed by atoms with van der Waals surface area (Å²) in [6, 6.07) is 0.430. The van der Waals surface area contributed by atoms with Crippen LogP contribution in [0.1, 0.15) is 39.2 Å². The van der Waals surface area contributed by atoms with Crippen LogP contribution >= 0.6 is 15.9 Å². The second-order valence-corrected chi connectivity index (χ2v) is 9.61. The molecule has 168 valence electrons. The van der Waals surface area contributed by atoms with E-state index in [1.165, 1.54) is 0 Å². The Morgan fingerprint density at radius 3 is 2.87 bits per heavy atom. The zero-order chi connectivity index (χ0) is 21.8. The Labute approximate surface area is 191 Å². The Bertz CT molecular complexity index is 895. The van der Waals surface area contributed by atoms with Crippen molar-refractivity contribution in [1.29, 1.82) is 0 Å². The smallest absolute Gasteiger partial charge is 0.229 e. The molecule has 0 saturated carbocycles. The molecule has 0 aromatic carbocycles. The van der Waals surface area contributed by atoms with Gasteiger partial charge in [0.25, 0.3) is 0 Å². The monoisotopic (exact) mass is 490 g/mol. The van der Waals surface area contributed by atoms with Crippen molar-refractivity contribution in [3.05, 3.63) is 23.1 Å². The first-order valence-electron chi connectivity index (χ1n) is 11.1. The summed E-state index contributed by atoms with van der Waals surface area (Å²) in [5, 5.41) is 11.1. The van der Waals surface area contributed by atoms with Gasteiger partial charge in [0.05, 0.1) is 22.4 Å². The van der Waals surface area contributed by atoms with E-state index in [-0.39, 0.29) is 5.91 Å². The van der Waals surface area contributed by atoms with Crippen molar-refractivity contribution in [3.63, 3.8) is 0 Å². The summed E-state index contributed by atoms with van der Waals surface area (Å²) >= 11 is 3.51. The Morgan fingerprint density at radius 2 is 2.13 bits per heavy atom. The molecule has 1 amide bonds.